The van der Waals surface area contributed by atoms with E-state index in [0.717, 1.165) is 0 Å². The van der Waals surface area contributed by atoms with E-state index < -0.39 is 28.6 Å². The van der Waals surface area contributed by atoms with Crippen LogP contribution in [0.5, 0.6) is 0 Å². The maximum Gasteiger partial charge on any atom is 0.426 e. The van der Waals surface area contributed by atoms with Gasteiger partial charge in [0.05, 0.1) is 6.61 Å². The molecule has 1 unspecified atom stereocenters. The summed E-state index contributed by atoms with van der Waals surface area (Å²) in [7, 11) is 0. The Morgan fingerprint density at radius 2 is 1.53 bits per heavy atom. The minimum atomic E-state index is -5.66. The fourth-order valence-electron chi connectivity index (χ4n) is 1.27. The normalized spacial score (nSPS) is 24.2. The van der Waals surface area contributed by atoms with E-state index in [1.165, 1.54) is 0 Å². The van der Waals surface area contributed by atoms with Gasteiger partial charge >= 0.3 is 12.4 Å². The standard InChI is InChI=1S/C8H8Cl2F6O2.W/c1-5(7(11,12)13,8(14,15)16)18-4-2-3-17-6(4,9)10;/h4H,2-3H2,1H3;. The first kappa shape index (κ1) is 19.8. The number of hydrogen-bond donors (Lipinski definition) is 0. The first-order chi connectivity index (χ1) is 7.81. The Bertz CT molecular complexity index is 305. The number of halogens is 8. The Morgan fingerprint density at radius 3 is 1.79 bits per heavy atom. The molecule has 0 saturated carbocycles. The summed E-state index contributed by atoms with van der Waals surface area (Å²) >= 11 is 10.8. The van der Waals surface area contributed by atoms with Crippen LogP contribution in [0.25, 0.3) is 0 Å². The molecule has 114 valence electrons. The van der Waals surface area contributed by atoms with Crippen LogP contribution in [0.3, 0.4) is 0 Å². The molecular weight excluding hydrogens is 497 g/mol. The predicted molar refractivity (Wildman–Crippen MR) is 50.4 cm³/mol. The van der Waals surface area contributed by atoms with E-state index in [1.54, 1.807) is 0 Å². The second-order valence-electron chi connectivity index (χ2n) is 3.83. The van der Waals surface area contributed by atoms with Gasteiger partial charge in [-0.25, -0.2) is 0 Å². The molecule has 2 nitrogen and oxygen atoms in total. The second-order valence-corrected chi connectivity index (χ2v) is 5.15. The van der Waals surface area contributed by atoms with Gasteiger partial charge in [-0.15, -0.1) is 0 Å². The fraction of sp³-hybridized carbons (Fsp3) is 1.00. The van der Waals surface area contributed by atoms with Crippen molar-refractivity contribution in [2.75, 3.05) is 6.61 Å². The quantitative estimate of drug-likeness (QED) is 0.421. The molecule has 0 radical (unpaired) electrons. The summed E-state index contributed by atoms with van der Waals surface area (Å²) < 4.78 is 81.7. The fourth-order valence-corrected chi connectivity index (χ4v) is 1.73. The summed E-state index contributed by atoms with van der Waals surface area (Å²) in [5.41, 5.74) is -4.35. The van der Waals surface area contributed by atoms with Crippen molar-refractivity contribution in [3.8, 4) is 0 Å². The molecule has 0 bridgehead atoms. The van der Waals surface area contributed by atoms with Crippen LogP contribution in [-0.4, -0.2) is 35.2 Å². The van der Waals surface area contributed by atoms with Crippen molar-refractivity contribution >= 4 is 23.2 Å². The molecule has 0 aliphatic carbocycles. The molecule has 1 aliphatic heterocycles. The van der Waals surface area contributed by atoms with Crippen LogP contribution in [0, 0.1) is 0 Å². The van der Waals surface area contributed by atoms with Gasteiger partial charge in [0.15, 0.2) is 0 Å². The predicted octanol–water partition coefficient (Wildman–Crippen LogP) is 3.80. The van der Waals surface area contributed by atoms with Crippen molar-refractivity contribution in [1.29, 1.82) is 0 Å². The minimum absolute atomic E-state index is 0. The van der Waals surface area contributed by atoms with E-state index in [9.17, 15) is 26.3 Å². The van der Waals surface area contributed by atoms with Gasteiger partial charge in [-0.05, 0) is 6.92 Å². The summed E-state index contributed by atoms with van der Waals surface area (Å²) in [5.74, 6) is 0. The molecule has 0 aromatic rings. The molecule has 1 rings (SSSR count). The number of ether oxygens (including phenoxy) is 2. The molecule has 0 amide bonds. The molecule has 19 heavy (non-hydrogen) atoms. The SMILES string of the molecule is CC(OC1CCOC1(Cl)Cl)(C(F)(F)F)C(F)(F)F.[W]. The Kier molecular flexibility index (Phi) is 6.11. The van der Waals surface area contributed by atoms with E-state index in [1.807, 2.05) is 0 Å². The molecular formula is C8H8Cl2F6O2W. The van der Waals surface area contributed by atoms with Crippen LogP contribution >= 0.6 is 23.2 Å². The third-order valence-corrected chi connectivity index (χ3v) is 3.21. The zero-order valence-electron chi connectivity index (χ0n) is 9.24. The van der Waals surface area contributed by atoms with E-state index in [-0.39, 0.29) is 41.0 Å². The van der Waals surface area contributed by atoms with E-state index in [2.05, 4.69) is 9.47 Å². The van der Waals surface area contributed by atoms with Gasteiger partial charge in [-0.3, -0.25) is 0 Å². The zero-order valence-corrected chi connectivity index (χ0v) is 13.7. The average Bonchev–Trinajstić information content (AvgIpc) is 2.41. The summed E-state index contributed by atoms with van der Waals surface area (Å²) in [6.45, 7) is -0.307. The van der Waals surface area contributed by atoms with Crippen LogP contribution in [0.1, 0.15) is 13.3 Å². The van der Waals surface area contributed by atoms with Gasteiger partial charge in [-0.2, -0.15) is 26.3 Å². The average molecular weight is 505 g/mol. The van der Waals surface area contributed by atoms with Crippen molar-refractivity contribution in [3.05, 3.63) is 0 Å². The topological polar surface area (TPSA) is 18.5 Å². The largest absolute Gasteiger partial charge is 0.426 e. The molecule has 11 heteroatoms. The van der Waals surface area contributed by atoms with Crippen LogP contribution < -0.4 is 0 Å². The molecule has 1 saturated heterocycles. The van der Waals surface area contributed by atoms with Crippen LogP contribution in [-0.2, 0) is 30.5 Å². The third-order valence-electron chi connectivity index (χ3n) is 2.51. The minimum Gasteiger partial charge on any atom is -0.349 e. The maximum atomic E-state index is 12.5. The summed E-state index contributed by atoms with van der Waals surface area (Å²) in [6.07, 6.45) is -13.3. The molecule has 0 N–H and O–H groups in total. The Labute approximate surface area is 129 Å². The maximum absolute atomic E-state index is 12.5. The van der Waals surface area contributed by atoms with Gasteiger partial charge in [0.25, 0.3) is 5.60 Å². The first-order valence-electron chi connectivity index (χ1n) is 4.64. The van der Waals surface area contributed by atoms with Gasteiger partial charge in [0.1, 0.15) is 6.10 Å². The van der Waals surface area contributed by atoms with Crippen molar-refractivity contribution in [2.45, 2.75) is 41.9 Å². The Balaban J connectivity index is 0.00000324. The van der Waals surface area contributed by atoms with Crippen molar-refractivity contribution in [3.63, 3.8) is 0 Å². The third kappa shape index (κ3) is 3.90. The Morgan fingerprint density at radius 1 is 1.11 bits per heavy atom. The second kappa shape index (κ2) is 5.87. The van der Waals surface area contributed by atoms with Gasteiger partial charge in [0.2, 0.25) is 4.52 Å². The van der Waals surface area contributed by atoms with Gasteiger partial charge in [0, 0.05) is 27.5 Å². The summed E-state index contributed by atoms with van der Waals surface area (Å²) in [6, 6.07) is 0. The molecule has 0 spiro atoms. The van der Waals surface area contributed by atoms with E-state index >= 15 is 0 Å². The number of rotatable bonds is 2. The van der Waals surface area contributed by atoms with Crippen LogP contribution in [0.2, 0.25) is 0 Å². The van der Waals surface area contributed by atoms with E-state index in [4.69, 9.17) is 23.2 Å². The molecule has 1 fully saturated rings. The number of hydrogen-bond acceptors (Lipinski definition) is 2. The molecule has 1 aliphatic rings. The monoisotopic (exact) mass is 504 g/mol. The van der Waals surface area contributed by atoms with Gasteiger partial charge < -0.3 is 9.47 Å². The van der Waals surface area contributed by atoms with Crippen LogP contribution in [0.15, 0.2) is 0 Å². The van der Waals surface area contributed by atoms with Crippen molar-refractivity contribution in [1.82, 2.24) is 0 Å². The summed E-state index contributed by atoms with van der Waals surface area (Å²) in [4.78, 5) is 0. The first-order valence-corrected chi connectivity index (χ1v) is 5.40. The zero-order chi connectivity index (χ0) is 14.4. The summed E-state index contributed by atoms with van der Waals surface area (Å²) in [5, 5.41) is 0. The molecule has 1 heterocycles. The van der Waals surface area contributed by atoms with Crippen LogP contribution in [0.4, 0.5) is 26.3 Å². The smallest absolute Gasteiger partial charge is 0.349 e. The Hall–Kier alpha value is 0.768. The van der Waals surface area contributed by atoms with Crippen molar-refractivity contribution < 1.29 is 56.9 Å². The van der Waals surface area contributed by atoms with Crippen molar-refractivity contribution in [2.24, 2.45) is 0 Å². The molecule has 0 aromatic heterocycles. The molecule has 1 atom stereocenters. The number of alkyl halides is 8. The van der Waals surface area contributed by atoms with Gasteiger partial charge in [-0.1, -0.05) is 23.2 Å². The van der Waals surface area contributed by atoms with E-state index in [0.29, 0.717) is 0 Å². The molecule has 0 aromatic carbocycles.